The molecular formula is C16H12Br2F3N5O. The van der Waals surface area contributed by atoms with E-state index in [4.69, 9.17) is 0 Å². The molecule has 142 valence electrons. The number of alkyl halides is 3. The van der Waals surface area contributed by atoms with Crippen molar-refractivity contribution in [2.45, 2.75) is 12.7 Å². The van der Waals surface area contributed by atoms with Crippen LogP contribution < -0.4 is 5.32 Å². The van der Waals surface area contributed by atoms with E-state index in [1.54, 1.807) is 35.3 Å². The van der Waals surface area contributed by atoms with Gasteiger partial charge in [-0.3, -0.25) is 14.2 Å². The van der Waals surface area contributed by atoms with Gasteiger partial charge in [-0.2, -0.15) is 23.4 Å². The van der Waals surface area contributed by atoms with E-state index in [-0.39, 0.29) is 5.69 Å². The average Bonchev–Trinajstić information content (AvgIpc) is 3.09. The lowest BCUT2D eigenvalue weighted by atomic mass is 10.2. The molecule has 1 N–H and O–H groups in total. The van der Waals surface area contributed by atoms with Crippen LogP contribution in [0.1, 0.15) is 21.7 Å². The number of nitrogens with zero attached hydrogens (tertiary/aromatic N) is 4. The summed E-state index contributed by atoms with van der Waals surface area (Å²) in [6, 6.07) is 6.94. The minimum absolute atomic E-state index is 0.341. The number of hydrogen-bond donors (Lipinski definition) is 1. The molecule has 0 aliphatic heterocycles. The predicted molar refractivity (Wildman–Crippen MR) is 99.3 cm³/mol. The van der Waals surface area contributed by atoms with Gasteiger partial charge in [0.15, 0.2) is 11.4 Å². The van der Waals surface area contributed by atoms with Crippen LogP contribution in [0.5, 0.6) is 0 Å². The molecule has 27 heavy (non-hydrogen) atoms. The van der Waals surface area contributed by atoms with Gasteiger partial charge < -0.3 is 5.32 Å². The SMILES string of the molecule is Cn1nc(C(=O)Nc2cccc(Cn3cc(Br)cn3)c2)c(Br)c1C(F)(F)F. The third kappa shape index (κ3) is 4.41. The first-order chi connectivity index (χ1) is 12.6. The molecule has 0 bridgehead atoms. The van der Waals surface area contributed by atoms with Crippen molar-refractivity contribution >= 4 is 43.5 Å². The number of anilines is 1. The molecule has 1 amide bonds. The summed E-state index contributed by atoms with van der Waals surface area (Å²) in [7, 11) is 1.13. The standard InChI is InChI=1S/C16H12Br2F3N5O/c1-25-14(16(19,20)21)12(18)13(24-25)15(27)23-11-4-2-3-9(5-11)7-26-8-10(17)6-22-26/h2-6,8H,7H2,1H3,(H,23,27). The molecule has 0 aliphatic carbocycles. The smallest absolute Gasteiger partial charge is 0.321 e. The summed E-state index contributed by atoms with van der Waals surface area (Å²) in [6.45, 7) is 0.473. The van der Waals surface area contributed by atoms with Crippen molar-refractivity contribution in [3.8, 4) is 0 Å². The van der Waals surface area contributed by atoms with Crippen LogP contribution in [-0.2, 0) is 19.8 Å². The van der Waals surface area contributed by atoms with Crippen LogP contribution in [0.2, 0.25) is 0 Å². The van der Waals surface area contributed by atoms with E-state index in [1.807, 2.05) is 6.07 Å². The Labute approximate surface area is 168 Å². The van der Waals surface area contributed by atoms with Crippen LogP contribution in [-0.4, -0.2) is 25.5 Å². The summed E-state index contributed by atoms with van der Waals surface area (Å²) in [5.41, 5.74) is -0.0637. The van der Waals surface area contributed by atoms with E-state index < -0.39 is 22.3 Å². The van der Waals surface area contributed by atoms with Gasteiger partial charge >= 0.3 is 6.18 Å². The summed E-state index contributed by atoms with van der Waals surface area (Å²) in [5, 5.41) is 10.4. The van der Waals surface area contributed by atoms with Gasteiger partial charge in [0.25, 0.3) is 5.91 Å². The van der Waals surface area contributed by atoms with Crippen molar-refractivity contribution in [1.82, 2.24) is 19.6 Å². The number of carbonyl (C=O) groups excluding carboxylic acids is 1. The fourth-order valence-electron chi connectivity index (χ4n) is 2.50. The van der Waals surface area contributed by atoms with E-state index in [1.165, 1.54) is 0 Å². The fourth-order valence-corrected chi connectivity index (χ4v) is 3.57. The van der Waals surface area contributed by atoms with Gasteiger partial charge in [0.2, 0.25) is 0 Å². The highest BCUT2D eigenvalue weighted by Crippen LogP contribution is 2.36. The first kappa shape index (κ1) is 19.6. The minimum Gasteiger partial charge on any atom is -0.321 e. The third-order valence-electron chi connectivity index (χ3n) is 3.60. The molecule has 0 saturated carbocycles. The molecule has 11 heteroatoms. The first-order valence-corrected chi connectivity index (χ1v) is 9.11. The highest BCUT2D eigenvalue weighted by Gasteiger charge is 2.39. The van der Waals surface area contributed by atoms with E-state index in [9.17, 15) is 18.0 Å². The number of nitrogens with one attached hydrogen (secondary N) is 1. The van der Waals surface area contributed by atoms with Crippen LogP contribution in [0.3, 0.4) is 0 Å². The van der Waals surface area contributed by atoms with Crippen molar-refractivity contribution in [1.29, 1.82) is 0 Å². The predicted octanol–water partition coefficient (Wildman–Crippen LogP) is 4.46. The molecule has 1 aromatic carbocycles. The van der Waals surface area contributed by atoms with Crippen molar-refractivity contribution in [3.63, 3.8) is 0 Å². The van der Waals surface area contributed by atoms with E-state index >= 15 is 0 Å². The number of aromatic nitrogens is 4. The van der Waals surface area contributed by atoms with E-state index in [0.29, 0.717) is 16.9 Å². The van der Waals surface area contributed by atoms with Crippen molar-refractivity contribution in [3.05, 3.63) is 62.6 Å². The zero-order valence-electron chi connectivity index (χ0n) is 13.8. The van der Waals surface area contributed by atoms with Crippen LogP contribution >= 0.6 is 31.9 Å². The summed E-state index contributed by atoms with van der Waals surface area (Å²) < 4.78 is 41.9. The molecule has 0 atom stereocenters. The maximum Gasteiger partial charge on any atom is 0.434 e. The summed E-state index contributed by atoms with van der Waals surface area (Å²) in [4.78, 5) is 12.4. The van der Waals surface area contributed by atoms with Gasteiger partial charge in [-0.05, 0) is 49.6 Å². The molecular weight excluding hydrogens is 495 g/mol. The number of amides is 1. The summed E-state index contributed by atoms with van der Waals surface area (Å²) in [5.74, 6) is -0.744. The third-order valence-corrected chi connectivity index (χ3v) is 4.76. The largest absolute Gasteiger partial charge is 0.434 e. The Morgan fingerprint density at radius 2 is 2.04 bits per heavy atom. The molecule has 0 unspecified atom stereocenters. The van der Waals surface area contributed by atoms with Crippen LogP contribution in [0.25, 0.3) is 0 Å². The molecule has 3 rings (SSSR count). The van der Waals surface area contributed by atoms with Gasteiger partial charge in [-0.25, -0.2) is 0 Å². The molecule has 0 saturated heterocycles. The molecule has 2 heterocycles. The fraction of sp³-hybridized carbons (Fsp3) is 0.188. The number of halogens is 5. The van der Waals surface area contributed by atoms with Crippen molar-refractivity contribution in [2.75, 3.05) is 5.32 Å². The molecule has 0 fully saturated rings. The second kappa shape index (κ2) is 7.47. The van der Waals surface area contributed by atoms with Gasteiger partial charge in [0.1, 0.15) is 0 Å². The topological polar surface area (TPSA) is 64.7 Å². The molecule has 0 spiro atoms. The maximum atomic E-state index is 13.0. The van der Waals surface area contributed by atoms with Crippen LogP contribution in [0, 0.1) is 0 Å². The lowest BCUT2D eigenvalue weighted by molar-refractivity contribution is -0.144. The lowest BCUT2D eigenvalue weighted by Crippen LogP contribution is -2.14. The lowest BCUT2D eigenvalue weighted by Gasteiger charge is -2.07. The van der Waals surface area contributed by atoms with Crippen molar-refractivity contribution < 1.29 is 18.0 Å². The Hall–Kier alpha value is -2.14. The molecule has 6 nitrogen and oxygen atoms in total. The Balaban J connectivity index is 1.80. The molecule has 3 aromatic rings. The zero-order valence-corrected chi connectivity index (χ0v) is 16.9. The van der Waals surface area contributed by atoms with Crippen LogP contribution in [0.15, 0.2) is 45.6 Å². The number of aryl methyl sites for hydroxylation is 1. The highest BCUT2D eigenvalue weighted by atomic mass is 79.9. The maximum absolute atomic E-state index is 13.0. The van der Waals surface area contributed by atoms with Gasteiger partial charge in [0.05, 0.1) is 21.7 Å². The molecule has 0 aliphatic rings. The van der Waals surface area contributed by atoms with Gasteiger partial charge in [-0.15, -0.1) is 0 Å². The molecule has 0 radical (unpaired) electrons. The van der Waals surface area contributed by atoms with E-state index in [0.717, 1.165) is 17.1 Å². The van der Waals surface area contributed by atoms with Crippen molar-refractivity contribution in [2.24, 2.45) is 7.05 Å². The van der Waals surface area contributed by atoms with Gasteiger partial charge in [0, 0.05) is 18.9 Å². The Morgan fingerprint density at radius 3 is 2.63 bits per heavy atom. The Bertz CT molecular complexity index is 996. The Morgan fingerprint density at radius 1 is 1.30 bits per heavy atom. The Kier molecular flexibility index (Phi) is 5.43. The zero-order chi connectivity index (χ0) is 19.8. The number of benzene rings is 1. The monoisotopic (exact) mass is 505 g/mol. The second-order valence-electron chi connectivity index (χ2n) is 5.64. The number of hydrogen-bond acceptors (Lipinski definition) is 3. The summed E-state index contributed by atoms with van der Waals surface area (Å²) in [6.07, 6.45) is -1.17. The number of rotatable bonds is 4. The molecule has 2 aromatic heterocycles. The second-order valence-corrected chi connectivity index (χ2v) is 7.35. The number of carbonyl (C=O) groups is 1. The van der Waals surface area contributed by atoms with E-state index in [2.05, 4.69) is 47.4 Å². The highest BCUT2D eigenvalue weighted by molar-refractivity contribution is 9.10. The van der Waals surface area contributed by atoms with Crippen LogP contribution in [0.4, 0.5) is 18.9 Å². The summed E-state index contributed by atoms with van der Waals surface area (Å²) >= 11 is 6.15. The minimum atomic E-state index is -4.63. The first-order valence-electron chi connectivity index (χ1n) is 7.53. The normalized spacial score (nSPS) is 11.6. The van der Waals surface area contributed by atoms with Gasteiger partial charge in [-0.1, -0.05) is 12.1 Å². The quantitative estimate of drug-likeness (QED) is 0.568. The average molecular weight is 507 g/mol.